The Hall–Kier alpha value is -2.83. The smallest absolute Gasteiger partial charge is 0.255 e. The van der Waals surface area contributed by atoms with E-state index in [1.165, 1.54) is 5.56 Å². The minimum atomic E-state index is -0.102. The Morgan fingerprint density at radius 1 is 0.968 bits per heavy atom. The second kappa shape index (κ2) is 9.98. The van der Waals surface area contributed by atoms with Gasteiger partial charge >= 0.3 is 0 Å². The Balaban J connectivity index is 1.31. The maximum Gasteiger partial charge on any atom is 0.255 e. The lowest BCUT2D eigenvalue weighted by Gasteiger charge is -2.36. The Kier molecular flexibility index (Phi) is 6.89. The number of rotatable bonds is 6. The predicted molar refractivity (Wildman–Crippen MR) is 129 cm³/mol. The summed E-state index contributed by atoms with van der Waals surface area (Å²) in [6.45, 7) is 4.79. The van der Waals surface area contributed by atoms with Crippen LogP contribution in [-0.2, 0) is 6.54 Å². The normalized spacial score (nSPS) is 14.3. The Bertz CT molecular complexity index is 1030. The first-order chi connectivity index (χ1) is 15.1. The van der Waals surface area contributed by atoms with Crippen LogP contribution in [0.5, 0.6) is 5.75 Å². The van der Waals surface area contributed by atoms with Gasteiger partial charge in [-0.05, 0) is 48.0 Å². The molecular weight excluding hydrogens is 454 g/mol. The fraction of sp³-hybridized carbons (Fsp3) is 0.240. The molecule has 1 aliphatic heterocycles. The summed E-state index contributed by atoms with van der Waals surface area (Å²) in [6, 6.07) is 23.7. The molecule has 0 radical (unpaired) electrons. The van der Waals surface area contributed by atoms with Crippen molar-refractivity contribution in [2.75, 3.05) is 43.5 Å². The van der Waals surface area contributed by atoms with E-state index in [9.17, 15) is 4.79 Å². The van der Waals surface area contributed by atoms with E-state index >= 15 is 0 Å². The van der Waals surface area contributed by atoms with Crippen LogP contribution >= 0.6 is 15.9 Å². The summed E-state index contributed by atoms with van der Waals surface area (Å²) in [5, 5.41) is 2.93. The number of methoxy groups -OCH3 is 1. The van der Waals surface area contributed by atoms with Gasteiger partial charge in [-0.15, -0.1) is 0 Å². The first kappa shape index (κ1) is 21.4. The van der Waals surface area contributed by atoms with Gasteiger partial charge in [0.2, 0.25) is 0 Å². The van der Waals surface area contributed by atoms with Gasteiger partial charge in [-0.3, -0.25) is 9.69 Å². The largest absolute Gasteiger partial charge is 0.495 e. The summed E-state index contributed by atoms with van der Waals surface area (Å²) in [5.74, 6) is 0.822. The molecule has 160 valence electrons. The van der Waals surface area contributed by atoms with Gasteiger partial charge in [0.1, 0.15) is 5.75 Å². The lowest BCUT2D eigenvalue weighted by atomic mass is 10.1. The summed E-state index contributed by atoms with van der Waals surface area (Å²) < 4.78 is 6.44. The molecule has 1 N–H and O–H groups in total. The zero-order chi connectivity index (χ0) is 21.6. The molecule has 0 aliphatic carbocycles. The zero-order valence-corrected chi connectivity index (χ0v) is 19.1. The number of amides is 1. The summed E-state index contributed by atoms with van der Waals surface area (Å²) >= 11 is 3.42. The average Bonchev–Trinajstić information content (AvgIpc) is 2.80. The second-order valence-electron chi connectivity index (χ2n) is 7.60. The number of nitrogens with one attached hydrogen (secondary N) is 1. The van der Waals surface area contributed by atoms with Crippen molar-refractivity contribution in [1.82, 2.24) is 4.90 Å². The Labute approximate surface area is 191 Å². The molecule has 0 bridgehead atoms. The van der Waals surface area contributed by atoms with E-state index in [0.717, 1.165) is 54.3 Å². The third-order valence-corrected chi connectivity index (χ3v) is 6.00. The van der Waals surface area contributed by atoms with Gasteiger partial charge in [0.25, 0.3) is 5.91 Å². The number of ether oxygens (including phenoxy) is 1. The second-order valence-corrected chi connectivity index (χ2v) is 8.51. The van der Waals surface area contributed by atoms with E-state index in [1.807, 2.05) is 60.7 Å². The van der Waals surface area contributed by atoms with Crippen LogP contribution in [0.1, 0.15) is 15.9 Å². The molecule has 3 aromatic carbocycles. The Morgan fingerprint density at radius 2 is 1.71 bits per heavy atom. The van der Waals surface area contributed by atoms with Gasteiger partial charge in [-0.2, -0.15) is 0 Å². The van der Waals surface area contributed by atoms with E-state index in [4.69, 9.17) is 4.74 Å². The van der Waals surface area contributed by atoms with Crippen molar-refractivity contribution >= 4 is 33.2 Å². The molecular formula is C25H26BrN3O2. The molecule has 0 saturated carbocycles. The molecule has 0 spiro atoms. The van der Waals surface area contributed by atoms with Crippen molar-refractivity contribution in [3.05, 3.63) is 88.4 Å². The molecule has 1 aliphatic rings. The van der Waals surface area contributed by atoms with Crippen LogP contribution in [0.25, 0.3) is 0 Å². The molecule has 0 aromatic heterocycles. The van der Waals surface area contributed by atoms with Crippen LogP contribution in [-0.4, -0.2) is 44.1 Å². The average molecular weight is 480 g/mol. The standard InChI is InChI=1S/C25H26BrN3O2/c1-31-24-8-3-2-7-23(24)29-15-13-28(14-16-29)18-19-9-11-20(12-10-19)25(30)27-22-6-4-5-21(26)17-22/h2-12,17H,13-16,18H2,1H3,(H,27,30). The highest BCUT2D eigenvalue weighted by Gasteiger charge is 2.19. The fourth-order valence-corrected chi connectivity index (χ4v) is 4.23. The first-order valence-corrected chi connectivity index (χ1v) is 11.2. The molecule has 3 aromatic rings. The van der Waals surface area contributed by atoms with E-state index < -0.39 is 0 Å². The van der Waals surface area contributed by atoms with Gasteiger partial charge < -0.3 is 15.0 Å². The predicted octanol–water partition coefficient (Wildman–Crippen LogP) is 5.03. The molecule has 6 heteroatoms. The topological polar surface area (TPSA) is 44.8 Å². The lowest BCUT2D eigenvalue weighted by molar-refractivity contribution is 0.102. The third-order valence-electron chi connectivity index (χ3n) is 5.50. The summed E-state index contributed by atoms with van der Waals surface area (Å²) in [6.07, 6.45) is 0. The molecule has 4 rings (SSSR count). The van der Waals surface area contributed by atoms with Gasteiger partial charge in [-0.1, -0.05) is 46.3 Å². The molecule has 1 heterocycles. The van der Waals surface area contributed by atoms with Crippen molar-refractivity contribution in [2.24, 2.45) is 0 Å². The highest BCUT2D eigenvalue weighted by Crippen LogP contribution is 2.28. The monoisotopic (exact) mass is 479 g/mol. The number of hydrogen-bond donors (Lipinski definition) is 1. The van der Waals surface area contributed by atoms with Crippen LogP contribution in [0.4, 0.5) is 11.4 Å². The summed E-state index contributed by atoms with van der Waals surface area (Å²) in [7, 11) is 1.72. The van der Waals surface area contributed by atoms with Gasteiger partial charge in [0.05, 0.1) is 12.8 Å². The SMILES string of the molecule is COc1ccccc1N1CCN(Cc2ccc(C(=O)Nc3cccc(Br)c3)cc2)CC1. The molecule has 5 nitrogen and oxygen atoms in total. The number of halogens is 1. The number of para-hydroxylation sites is 2. The lowest BCUT2D eigenvalue weighted by Crippen LogP contribution is -2.46. The van der Waals surface area contributed by atoms with Crippen LogP contribution in [0.2, 0.25) is 0 Å². The molecule has 0 atom stereocenters. The van der Waals surface area contributed by atoms with Crippen molar-refractivity contribution in [2.45, 2.75) is 6.54 Å². The van der Waals surface area contributed by atoms with Crippen molar-refractivity contribution in [3.8, 4) is 5.75 Å². The third kappa shape index (κ3) is 5.46. The van der Waals surface area contributed by atoms with Crippen molar-refractivity contribution in [1.29, 1.82) is 0 Å². The molecule has 1 amide bonds. The number of anilines is 2. The highest BCUT2D eigenvalue weighted by molar-refractivity contribution is 9.10. The van der Waals surface area contributed by atoms with Crippen LogP contribution < -0.4 is 15.0 Å². The van der Waals surface area contributed by atoms with E-state index in [2.05, 4.69) is 43.2 Å². The van der Waals surface area contributed by atoms with Crippen molar-refractivity contribution in [3.63, 3.8) is 0 Å². The molecule has 0 unspecified atom stereocenters. The van der Waals surface area contributed by atoms with Gasteiger partial charge in [0, 0.05) is 48.4 Å². The summed E-state index contributed by atoms with van der Waals surface area (Å²) in [5.41, 5.74) is 3.80. The number of hydrogen-bond acceptors (Lipinski definition) is 4. The number of piperazine rings is 1. The van der Waals surface area contributed by atoms with Gasteiger partial charge in [0.15, 0.2) is 0 Å². The number of nitrogens with zero attached hydrogens (tertiary/aromatic N) is 2. The highest BCUT2D eigenvalue weighted by atomic mass is 79.9. The number of benzene rings is 3. The molecule has 1 saturated heterocycles. The zero-order valence-electron chi connectivity index (χ0n) is 17.6. The maximum absolute atomic E-state index is 12.5. The fourth-order valence-electron chi connectivity index (χ4n) is 3.83. The quantitative estimate of drug-likeness (QED) is 0.538. The van der Waals surface area contributed by atoms with Gasteiger partial charge in [-0.25, -0.2) is 0 Å². The minimum absolute atomic E-state index is 0.102. The van der Waals surface area contributed by atoms with Crippen LogP contribution in [0, 0.1) is 0 Å². The van der Waals surface area contributed by atoms with E-state index in [0.29, 0.717) is 5.56 Å². The van der Waals surface area contributed by atoms with Crippen LogP contribution in [0.3, 0.4) is 0 Å². The van der Waals surface area contributed by atoms with E-state index in [-0.39, 0.29) is 5.91 Å². The first-order valence-electron chi connectivity index (χ1n) is 10.4. The number of carbonyl (C=O) groups is 1. The van der Waals surface area contributed by atoms with E-state index in [1.54, 1.807) is 7.11 Å². The number of carbonyl (C=O) groups excluding carboxylic acids is 1. The van der Waals surface area contributed by atoms with Crippen molar-refractivity contribution < 1.29 is 9.53 Å². The molecule has 31 heavy (non-hydrogen) atoms. The molecule has 1 fully saturated rings. The maximum atomic E-state index is 12.5. The van der Waals surface area contributed by atoms with Crippen LogP contribution in [0.15, 0.2) is 77.3 Å². The Morgan fingerprint density at radius 3 is 2.42 bits per heavy atom. The minimum Gasteiger partial charge on any atom is -0.495 e. The summed E-state index contributed by atoms with van der Waals surface area (Å²) in [4.78, 5) is 17.3.